The van der Waals surface area contributed by atoms with Crippen LogP contribution in [0.3, 0.4) is 0 Å². The first-order valence-electron chi connectivity index (χ1n) is 13.1. The molecule has 38 heavy (non-hydrogen) atoms. The zero-order valence-corrected chi connectivity index (χ0v) is 23.9. The summed E-state index contributed by atoms with van der Waals surface area (Å²) in [5, 5.41) is 9.91. The number of amides is 1. The zero-order chi connectivity index (χ0) is 27.6. The summed E-state index contributed by atoms with van der Waals surface area (Å²) in [6, 6.07) is 8.13. The number of hydrogen-bond acceptors (Lipinski definition) is 6. The number of benzene rings is 1. The second kappa shape index (κ2) is 11.8. The van der Waals surface area contributed by atoms with Gasteiger partial charge in [0.15, 0.2) is 0 Å². The van der Waals surface area contributed by atoms with E-state index in [0.29, 0.717) is 33.2 Å². The highest BCUT2D eigenvalue weighted by molar-refractivity contribution is 8.26. The summed E-state index contributed by atoms with van der Waals surface area (Å²) >= 11 is 6.76. The maximum Gasteiger partial charge on any atom is 0.270 e. The van der Waals surface area contributed by atoms with Crippen molar-refractivity contribution in [3.63, 3.8) is 0 Å². The van der Waals surface area contributed by atoms with Crippen LogP contribution in [-0.4, -0.2) is 32.8 Å². The molecule has 2 aliphatic rings. The molecule has 0 spiro atoms. The number of nitrogens with zero attached hydrogens (tertiary/aromatic N) is 4. The number of hydrogen-bond donors (Lipinski definition) is 0. The van der Waals surface area contributed by atoms with Gasteiger partial charge >= 0.3 is 0 Å². The highest BCUT2D eigenvalue weighted by atomic mass is 32.2. The summed E-state index contributed by atoms with van der Waals surface area (Å²) in [6.45, 7) is 10.6. The standard InChI is InChI=1S/C29H33FN4O2S2/c1-5-6-11-33-26(32-15-18(2)12-19(3)16-32)23(20(4)24(14-31)27(33)35)13-25-28(36)34(29(37)38-25)17-21-7-9-22(30)10-8-21/h7-10,13,18-19H,5-6,11-12,15-17H2,1-4H3. The van der Waals surface area contributed by atoms with E-state index < -0.39 is 0 Å². The van der Waals surface area contributed by atoms with Crippen molar-refractivity contribution in [2.75, 3.05) is 18.0 Å². The van der Waals surface area contributed by atoms with Gasteiger partial charge in [-0.05, 0) is 60.9 Å². The minimum atomic E-state index is -0.338. The fourth-order valence-corrected chi connectivity index (χ4v) is 6.62. The molecule has 4 rings (SSSR count). The van der Waals surface area contributed by atoms with Gasteiger partial charge in [-0.25, -0.2) is 4.39 Å². The lowest BCUT2D eigenvalue weighted by Crippen LogP contribution is -2.43. The molecule has 2 saturated heterocycles. The molecule has 6 nitrogen and oxygen atoms in total. The fourth-order valence-electron chi connectivity index (χ4n) is 5.38. The van der Waals surface area contributed by atoms with E-state index in [1.165, 1.54) is 28.8 Å². The highest BCUT2D eigenvalue weighted by Crippen LogP contribution is 2.38. The summed E-state index contributed by atoms with van der Waals surface area (Å²) < 4.78 is 15.5. The van der Waals surface area contributed by atoms with Gasteiger partial charge in [-0.2, -0.15) is 5.26 Å². The number of carbonyl (C=O) groups is 1. The lowest BCUT2D eigenvalue weighted by molar-refractivity contribution is -0.122. The van der Waals surface area contributed by atoms with Crippen LogP contribution < -0.4 is 10.5 Å². The molecule has 2 fully saturated rings. The fraction of sp³-hybridized carbons (Fsp3) is 0.448. The van der Waals surface area contributed by atoms with Gasteiger partial charge in [0.2, 0.25) is 0 Å². The molecular formula is C29H33FN4O2S2. The maximum absolute atomic E-state index is 13.5. The molecule has 0 radical (unpaired) electrons. The van der Waals surface area contributed by atoms with Crippen LogP contribution in [0.2, 0.25) is 0 Å². The van der Waals surface area contributed by atoms with Crippen LogP contribution in [0, 0.1) is 35.9 Å². The van der Waals surface area contributed by atoms with Gasteiger partial charge in [-0.1, -0.05) is 63.3 Å². The largest absolute Gasteiger partial charge is 0.357 e. The van der Waals surface area contributed by atoms with E-state index >= 15 is 0 Å². The maximum atomic E-state index is 13.5. The number of pyridine rings is 1. The second-order valence-corrected chi connectivity index (χ2v) is 12.1. The normalized spacial score (nSPS) is 20.9. The molecule has 2 unspecified atom stereocenters. The van der Waals surface area contributed by atoms with Crippen molar-refractivity contribution < 1.29 is 9.18 Å². The number of carbonyl (C=O) groups excluding carboxylic acids is 1. The van der Waals surface area contributed by atoms with Crippen molar-refractivity contribution >= 4 is 46.1 Å². The Morgan fingerprint density at radius 1 is 1.18 bits per heavy atom. The van der Waals surface area contributed by atoms with E-state index in [4.69, 9.17) is 12.2 Å². The molecule has 0 bridgehead atoms. The molecule has 1 aromatic heterocycles. The Kier molecular flexibility index (Phi) is 8.74. The van der Waals surface area contributed by atoms with Gasteiger partial charge in [-0.15, -0.1) is 0 Å². The van der Waals surface area contributed by atoms with E-state index in [9.17, 15) is 19.2 Å². The molecule has 0 saturated carbocycles. The van der Waals surface area contributed by atoms with Gasteiger partial charge in [-0.3, -0.25) is 19.1 Å². The molecule has 2 aliphatic heterocycles. The van der Waals surface area contributed by atoms with E-state index in [-0.39, 0.29) is 29.4 Å². The minimum absolute atomic E-state index is 0.107. The summed E-state index contributed by atoms with van der Waals surface area (Å²) in [5.74, 6) is 1.11. The number of anilines is 1. The van der Waals surface area contributed by atoms with Crippen molar-refractivity contribution in [3.8, 4) is 6.07 Å². The Morgan fingerprint density at radius 2 is 1.84 bits per heavy atom. The van der Waals surface area contributed by atoms with Crippen molar-refractivity contribution in [1.29, 1.82) is 5.26 Å². The van der Waals surface area contributed by atoms with Crippen molar-refractivity contribution in [1.82, 2.24) is 9.47 Å². The summed E-state index contributed by atoms with van der Waals surface area (Å²) in [6.07, 6.45) is 4.63. The molecule has 1 amide bonds. The van der Waals surface area contributed by atoms with Gasteiger partial charge in [0.1, 0.15) is 27.6 Å². The lowest BCUT2D eigenvalue weighted by atomic mass is 9.91. The summed E-state index contributed by atoms with van der Waals surface area (Å²) in [7, 11) is 0. The van der Waals surface area contributed by atoms with Crippen molar-refractivity contribution in [2.45, 2.75) is 60.0 Å². The molecule has 2 atom stereocenters. The van der Waals surface area contributed by atoms with E-state index in [0.717, 1.165) is 49.3 Å². The number of thiocarbonyl (C=S) groups is 1. The number of halogens is 1. The third-order valence-electron chi connectivity index (χ3n) is 7.15. The molecule has 2 aromatic rings. The number of rotatable bonds is 7. The third kappa shape index (κ3) is 5.71. The molecule has 3 heterocycles. The first-order chi connectivity index (χ1) is 18.1. The van der Waals surface area contributed by atoms with Gasteiger partial charge in [0.25, 0.3) is 11.5 Å². The Hall–Kier alpha value is -2.96. The predicted molar refractivity (Wildman–Crippen MR) is 155 cm³/mol. The Balaban J connectivity index is 1.83. The van der Waals surface area contributed by atoms with Crippen LogP contribution >= 0.6 is 24.0 Å². The molecule has 200 valence electrons. The number of piperidine rings is 1. The average Bonchev–Trinajstić information content (AvgIpc) is 3.13. The van der Waals surface area contributed by atoms with Crippen LogP contribution in [0.5, 0.6) is 0 Å². The molecule has 9 heteroatoms. The van der Waals surface area contributed by atoms with Crippen LogP contribution in [0.4, 0.5) is 10.2 Å². The Morgan fingerprint density at radius 3 is 2.45 bits per heavy atom. The zero-order valence-electron chi connectivity index (χ0n) is 22.3. The molecular weight excluding hydrogens is 519 g/mol. The van der Waals surface area contributed by atoms with Gasteiger partial charge < -0.3 is 4.90 Å². The number of nitriles is 1. The van der Waals surface area contributed by atoms with Crippen molar-refractivity contribution in [3.05, 3.63) is 67.6 Å². The molecule has 0 N–H and O–H groups in total. The van der Waals surface area contributed by atoms with Crippen LogP contribution in [0.15, 0.2) is 34.0 Å². The minimum Gasteiger partial charge on any atom is -0.357 e. The number of unbranched alkanes of at least 4 members (excludes halogenated alkanes) is 1. The second-order valence-electron chi connectivity index (χ2n) is 10.4. The third-order valence-corrected chi connectivity index (χ3v) is 8.53. The monoisotopic (exact) mass is 552 g/mol. The van der Waals surface area contributed by atoms with Crippen molar-refractivity contribution in [2.24, 2.45) is 11.8 Å². The predicted octanol–water partition coefficient (Wildman–Crippen LogP) is 5.85. The van der Waals surface area contributed by atoms with Crippen LogP contribution in [0.1, 0.15) is 62.3 Å². The van der Waals surface area contributed by atoms with E-state index in [2.05, 4.69) is 31.7 Å². The first kappa shape index (κ1) is 28.1. The van der Waals surface area contributed by atoms with E-state index in [1.54, 1.807) is 29.7 Å². The van der Waals surface area contributed by atoms with Crippen LogP contribution in [0.25, 0.3) is 6.08 Å². The van der Waals surface area contributed by atoms with Gasteiger partial charge in [0, 0.05) is 25.2 Å². The van der Waals surface area contributed by atoms with Crippen LogP contribution in [-0.2, 0) is 17.9 Å². The summed E-state index contributed by atoms with van der Waals surface area (Å²) in [4.78, 5) is 31.2. The highest BCUT2D eigenvalue weighted by Gasteiger charge is 2.34. The number of thioether (sulfide) groups is 1. The van der Waals surface area contributed by atoms with E-state index in [1.807, 2.05) is 0 Å². The Labute approximate surface area is 233 Å². The first-order valence-corrected chi connectivity index (χ1v) is 14.3. The van der Waals surface area contributed by atoms with Gasteiger partial charge in [0.05, 0.1) is 11.4 Å². The average molecular weight is 553 g/mol. The Bertz CT molecular complexity index is 1370. The SMILES string of the molecule is CCCCn1c(N2CC(C)CC(C)C2)c(C=C2SC(=S)N(Cc3ccc(F)cc3)C2=O)c(C)c(C#N)c1=O. The topological polar surface area (TPSA) is 69.3 Å². The molecule has 1 aromatic carbocycles. The lowest BCUT2D eigenvalue weighted by Gasteiger charge is -2.39. The molecule has 0 aliphatic carbocycles. The smallest absolute Gasteiger partial charge is 0.270 e. The quantitative estimate of drug-likeness (QED) is 0.317. The summed E-state index contributed by atoms with van der Waals surface area (Å²) in [5.41, 5.74) is 1.91. The number of aromatic nitrogens is 1.